The number of thiocarbonyl (C=S) groups is 1. The third-order valence-electron chi connectivity index (χ3n) is 4.92. The molecule has 2 N–H and O–H groups in total. The summed E-state index contributed by atoms with van der Waals surface area (Å²) in [6, 6.07) is 16.4. The number of hydrogen-bond donors (Lipinski definition) is 2. The standard InChI is InChI=1S/C24H25N3O4S2/c1-31-19-13-8-7-12-18(19)22(29)26-25-21(28)14-6-3-9-15-27-23(30)20(33-24(27)32)16-17-10-4-2-5-11-17/h2,4-5,7-8,10-13,16H,3,6,9,14-15H2,1H3,(H,25,28)(H,26,29). The first-order valence-electron chi connectivity index (χ1n) is 10.5. The van der Waals surface area contributed by atoms with E-state index in [1.807, 2.05) is 36.4 Å². The van der Waals surface area contributed by atoms with Crippen LogP contribution in [0.4, 0.5) is 0 Å². The molecule has 0 aliphatic carbocycles. The molecule has 0 saturated carbocycles. The van der Waals surface area contributed by atoms with Gasteiger partial charge in [0, 0.05) is 13.0 Å². The van der Waals surface area contributed by atoms with E-state index < -0.39 is 5.91 Å². The molecule has 1 saturated heterocycles. The van der Waals surface area contributed by atoms with Crippen LogP contribution in [0.1, 0.15) is 41.6 Å². The molecular formula is C24H25N3O4S2. The van der Waals surface area contributed by atoms with E-state index >= 15 is 0 Å². The number of para-hydroxylation sites is 1. The van der Waals surface area contributed by atoms with Gasteiger partial charge in [-0.15, -0.1) is 0 Å². The van der Waals surface area contributed by atoms with Crippen molar-refractivity contribution in [3.63, 3.8) is 0 Å². The number of unbranched alkanes of at least 4 members (excludes halogenated alkanes) is 2. The molecular weight excluding hydrogens is 458 g/mol. The Morgan fingerprint density at radius 2 is 1.76 bits per heavy atom. The topological polar surface area (TPSA) is 87.7 Å². The third-order valence-corrected chi connectivity index (χ3v) is 6.30. The number of rotatable bonds is 9. The van der Waals surface area contributed by atoms with Crippen molar-refractivity contribution in [2.24, 2.45) is 0 Å². The number of methoxy groups -OCH3 is 1. The molecule has 0 radical (unpaired) electrons. The zero-order chi connectivity index (χ0) is 23.6. The van der Waals surface area contributed by atoms with Gasteiger partial charge in [0.15, 0.2) is 0 Å². The molecule has 2 aromatic rings. The number of carbonyl (C=O) groups is 3. The fraction of sp³-hybridized carbons (Fsp3) is 0.250. The molecule has 7 nitrogen and oxygen atoms in total. The predicted molar refractivity (Wildman–Crippen MR) is 133 cm³/mol. The monoisotopic (exact) mass is 483 g/mol. The van der Waals surface area contributed by atoms with E-state index in [1.165, 1.54) is 18.9 Å². The maximum Gasteiger partial charge on any atom is 0.273 e. The van der Waals surface area contributed by atoms with Gasteiger partial charge in [-0.05, 0) is 36.6 Å². The number of carbonyl (C=O) groups excluding carboxylic acids is 3. The first-order chi connectivity index (χ1) is 16.0. The number of benzene rings is 2. The van der Waals surface area contributed by atoms with Crippen LogP contribution in [0.2, 0.25) is 0 Å². The zero-order valence-electron chi connectivity index (χ0n) is 18.2. The quantitative estimate of drug-likeness (QED) is 0.243. The lowest BCUT2D eigenvalue weighted by Gasteiger charge is -2.14. The number of hydrazine groups is 1. The van der Waals surface area contributed by atoms with E-state index in [4.69, 9.17) is 17.0 Å². The second-order valence-electron chi connectivity index (χ2n) is 7.26. The van der Waals surface area contributed by atoms with Crippen LogP contribution in [-0.4, -0.2) is 40.6 Å². The molecule has 0 bridgehead atoms. The predicted octanol–water partition coefficient (Wildman–Crippen LogP) is 3.92. The van der Waals surface area contributed by atoms with Crippen LogP contribution in [0, 0.1) is 0 Å². The minimum atomic E-state index is -0.446. The van der Waals surface area contributed by atoms with E-state index in [0.29, 0.717) is 33.5 Å². The van der Waals surface area contributed by atoms with E-state index in [9.17, 15) is 14.4 Å². The van der Waals surface area contributed by atoms with Gasteiger partial charge in [-0.25, -0.2) is 0 Å². The molecule has 3 rings (SSSR count). The molecule has 33 heavy (non-hydrogen) atoms. The van der Waals surface area contributed by atoms with Gasteiger partial charge in [-0.1, -0.05) is 72.9 Å². The van der Waals surface area contributed by atoms with E-state index in [0.717, 1.165) is 18.4 Å². The maximum absolute atomic E-state index is 12.6. The van der Waals surface area contributed by atoms with E-state index in [1.54, 1.807) is 29.2 Å². The van der Waals surface area contributed by atoms with E-state index in [-0.39, 0.29) is 18.2 Å². The molecule has 0 aromatic heterocycles. The number of ether oxygens (including phenoxy) is 1. The highest BCUT2D eigenvalue weighted by Crippen LogP contribution is 2.32. The minimum Gasteiger partial charge on any atom is -0.496 e. The Labute approximate surface area is 202 Å². The van der Waals surface area contributed by atoms with Gasteiger partial charge in [-0.3, -0.25) is 30.1 Å². The summed E-state index contributed by atoms with van der Waals surface area (Å²) >= 11 is 6.67. The van der Waals surface area contributed by atoms with E-state index in [2.05, 4.69) is 10.9 Å². The smallest absolute Gasteiger partial charge is 0.273 e. The Balaban J connectivity index is 1.36. The average Bonchev–Trinajstić information content (AvgIpc) is 3.10. The van der Waals surface area contributed by atoms with Crippen molar-refractivity contribution in [2.75, 3.05) is 13.7 Å². The van der Waals surface area contributed by atoms with Gasteiger partial charge in [0.2, 0.25) is 5.91 Å². The first kappa shape index (κ1) is 24.5. The van der Waals surface area contributed by atoms with Crippen molar-refractivity contribution in [1.29, 1.82) is 0 Å². The molecule has 1 aliphatic rings. The number of thioether (sulfide) groups is 1. The molecule has 9 heteroatoms. The molecule has 0 unspecified atom stereocenters. The lowest BCUT2D eigenvalue weighted by atomic mass is 10.1. The second-order valence-corrected chi connectivity index (χ2v) is 8.93. The Kier molecular flexibility index (Phi) is 9.03. The lowest BCUT2D eigenvalue weighted by Crippen LogP contribution is -2.41. The van der Waals surface area contributed by atoms with Crippen LogP contribution < -0.4 is 15.6 Å². The van der Waals surface area contributed by atoms with Gasteiger partial charge in [0.25, 0.3) is 11.8 Å². The maximum atomic E-state index is 12.6. The van der Waals surface area contributed by atoms with Crippen molar-refractivity contribution in [2.45, 2.75) is 25.7 Å². The van der Waals surface area contributed by atoms with Crippen molar-refractivity contribution >= 4 is 52.1 Å². The van der Waals surface area contributed by atoms with Crippen molar-refractivity contribution in [3.8, 4) is 5.75 Å². The normalized spacial score (nSPS) is 14.5. The number of hydrogen-bond acceptors (Lipinski definition) is 6. The summed E-state index contributed by atoms with van der Waals surface area (Å²) in [5.41, 5.74) is 6.11. The summed E-state index contributed by atoms with van der Waals surface area (Å²) in [4.78, 5) is 39.1. The van der Waals surface area contributed by atoms with Gasteiger partial charge in [-0.2, -0.15) is 0 Å². The van der Waals surface area contributed by atoms with Crippen molar-refractivity contribution < 1.29 is 19.1 Å². The fourth-order valence-corrected chi connectivity index (χ4v) is 4.52. The molecule has 1 heterocycles. The average molecular weight is 484 g/mol. The third kappa shape index (κ3) is 6.90. The number of nitrogens with zero attached hydrogens (tertiary/aromatic N) is 1. The molecule has 1 aliphatic heterocycles. The molecule has 0 atom stereocenters. The van der Waals surface area contributed by atoms with Gasteiger partial charge < -0.3 is 4.74 Å². The Morgan fingerprint density at radius 3 is 2.52 bits per heavy atom. The van der Waals surface area contributed by atoms with Crippen LogP contribution in [0.5, 0.6) is 5.75 Å². The van der Waals surface area contributed by atoms with Crippen molar-refractivity contribution in [3.05, 3.63) is 70.6 Å². The highest BCUT2D eigenvalue weighted by Gasteiger charge is 2.31. The molecule has 0 spiro atoms. The van der Waals surface area contributed by atoms with Crippen LogP contribution in [0.3, 0.4) is 0 Å². The van der Waals surface area contributed by atoms with Gasteiger partial charge in [0.05, 0.1) is 17.6 Å². The zero-order valence-corrected chi connectivity index (χ0v) is 19.8. The van der Waals surface area contributed by atoms with Gasteiger partial charge >= 0.3 is 0 Å². The second kappa shape index (κ2) is 12.2. The number of amides is 3. The minimum absolute atomic E-state index is 0.0781. The van der Waals surface area contributed by atoms with Crippen LogP contribution in [0.15, 0.2) is 59.5 Å². The summed E-state index contributed by atoms with van der Waals surface area (Å²) in [5, 5.41) is 0. The fourth-order valence-electron chi connectivity index (χ4n) is 3.21. The van der Waals surface area contributed by atoms with Gasteiger partial charge in [0.1, 0.15) is 10.1 Å². The molecule has 1 fully saturated rings. The highest BCUT2D eigenvalue weighted by atomic mass is 32.2. The first-order valence-corrected chi connectivity index (χ1v) is 11.7. The largest absolute Gasteiger partial charge is 0.496 e. The molecule has 3 amide bonds. The number of nitrogens with one attached hydrogen (secondary N) is 2. The summed E-state index contributed by atoms with van der Waals surface area (Å²) in [7, 11) is 1.48. The summed E-state index contributed by atoms with van der Waals surface area (Å²) in [6.45, 7) is 0.517. The summed E-state index contributed by atoms with van der Waals surface area (Å²) in [6.07, 6.45) is 4.22. The molecule has 2 aromatic carbocycles. The Hall–Kier alpha value is -3.17. The molecule has 172 valence electrons. The Morgan fingerprint density at radius 1 is 1.03 bits per heavy atom. The SMILES string of the molecule is COc1ccccc1C(=O)NNC(=O)CCCCCN1C(=O)C(=Cc2ccccc2)SC1=S. The highest BCUT2D eigenvalue weighted by molar-refractivity contribution is 8.26. The van der Waals surface area contributed by atoms with Crippen molar-refractivity contribution in [1.82, 2.24) is 15.8 Å². The lowest BCUT2D eigenvalue weighted by molar-refractivity contribution is -0.123. The Bertz CT molecular complexity index is 1060. The van der Waals surface area contributed by atoms with Crippen LogP contribution >= 0.6 is 24.0 Å². The summed E-state index contributed by atoms with van der Waals surface area (Å²) in [5.74, 6) is -0.377. The van der Waals surface area contributed by atoms with Crippen LogP contribution in [0.25, 0.3) is 6.08 Å². The summed E-state index contributed by atoms with van der Waals surface area (Å²) < 4.78 is 5.70. The van der Waals surface area contributed by atoms with Crippen LogP contribution in [-0.2, 0) is 9.59 Å².